The lowest BCUT2D eigenvalue weighted by atomic mass is 9.98. The molecule has 2 rings (SSSR count). The summed E-state index contributed by atoms with van der Waals surface area (Å²) >= 11 is 11.8. The first kappa shape index (κ1) is 19.8. The third-order valence-electron chi connectivity index (χ3n) is 3.83. The summed E-state index contributed by atoms with van der Waals surface area (Å²) in [4.78, 5) is 12.5. The van der Waals surface area contributed by atoms with Crippen molar-refractivity contribution >= 4 is 40.5 Å². The van der Waals surface area contributed by atoms with Gasteiger partial charge in [-0.15, -0.1) is 0 Å². The van der Waals surface area contributed by atoms with E-state index in [9.17, 15) is 10.1 Å². The fourth-order valence-corrected chi connectivity index (χ4v) is 2.71. The fraction of sp³-hybridized carbons (Fsp3) is 0.200. The molecule has 0 aliphatic heterocycles. The molecule has 0 aromatic heterocycles. The number of aryl methyl sites for hydroxylation is 1. The van der Waals surface area contributed by atoms with Gasteiger partial charge in [0.05, 0.1) is 10.0 Å². The third-order valence-corrected chi connectivity index (χ3v) is 4.57. The number of nitrogens with one attached hydrogen (secondary N) is 2. The van der Waals surface area contributed by atoms with Crippen molar-refractivity contribution in [1.29, 1.82) is 5.26 Å². The SMILES string of the molecule is Cc1cccc(C(C)C)c1NC(=O)/C(C#N)=C\Nc1ccc(Cl)c(Cl)c1. The molecule has 4 nitrogen and oxygen atoms in total. The number of hydrogen-bond acceptors (Lipinski definition) is 3. The van der Waals surface area contributed by atoms with E-state index in [1.807, 2.05) is 31.2 Å². The lowest BCUT2D eigenvalue weighted by Crippen LogP contribution is -2.17. The van der Waals surface area contributed by atoms with E-state index in [1.54, 1.807) is 18.2 Å². The van der Waals surface area contributed by atoms with Gasteiger partial charge in [0.25, 0.3) is 5.91 Å². The Hall–Kier alpha value is -2.48. The Morgan fingerprint density at radius 1 is 1.19 bits per heavy atom. The molecule has 0 atom stereocenters. The van der Waals surface area contributed by atoms with Crippen LogP contribution < -0.4 is 10.6 Å². The number of nitriles is 1. The zero-order valence-corrected chi connectivity index (χ0v) is 16.2. The lowest BCUT2D eigenvalue weighted by Gasteiger charge is -2.16. The second-order valence-corrected chi connectivity index (χ2v) is 6.91. The zero-order chi connectivity index (χ0) is 19.3. The van der Waals surface area contributed by atoms with Crippen LogP contribution in [0.2, 0.25) is 10.0 Å². The molecular formula is C20H19Cl2N3O. The summed E-state index contributed by atoms with van der Waals surface area (Å²) in [7, 11) is 0. The van der Waals surface area contributed by atoms with Crippen LogP contribution in [0.1, 0.15) is 30.9 Å². The normalized spacial score (nSPS) is 11.2. The second kappa shape index (κ2) is 8.75. The molecular weight excluding hydrogens is 369 g/mol. The van der Waals surface area contributed by atoms with Crippen molar-refractivity contribution in [2.45, 2.75) is 26.7 Å². The van der Waals surface area contributed by atoms with Gasteiger partial charge in [-0.2, -0.15) is 5.26 Å². The number of para-hydroxylation sites is 1. The van der Waals surface area contributed by atoms with Crippen molar-refractivity contribution in [2.75, 3.05) is 10.6 Å². The topological polar surface area (TPSA) is 64.9 Å². The van der Waals surface area contributed by atoms with Crippen molar-refractivity contribution in [2.24, 2.45) is 0 Å². The van der Waals surface area contributed by atoms with Gasteiger partial charge < -0.3 is 10.6 Å². The number of hydrogen-bond donors (Lipinski definition) is 2. The van der Waals surface area contributed by atoms with Gasteiger partial charge in [0.1, 0.15) is 11.6 Å². The van der Waals surface area contributed by atoms with E-state index in [2.05, 4.69) is 24.5 Å². The summed E-state index contributed by atoms with van der Waals surface area (Å²) in [5.41, 5.74) is 3.28. The van der Waals surface area contributed by atoms with E-state index in [1.165, 1.54) is 6.20 Å². The van der Waals surface area contributed by atoms with Crippen LogP contribution in [0.5, 0.6) is 0 Å². The van der Waals surface area contributed by atoms with Crippen LogP contribution >= 0.6 is 23.2 Å². The number of carbonyl (C=O) groups is 1. The van der Waals surface area contributed by atoms with Crippen LogP contribution in [0.15, 0.2) is 48.2 Å². The minimum atomic E-state index is -0.476. The summed E-state index contributed by atoms with van der Waals surface area (Å²) in [5, 5.41) is 15.9. The summed E-state index contributed by atoms with van der Waals surface area (Å²) in [5.74, 6) is -0.231. The van der Waals surface area contributed by atoms with Gasteiger partial charge in [-0.05, 0) is 42.2 Å². The summed E-state index contributed by atoms with van der Waals surface area (Å²) in [6.07, 6.45) is 1.35. The Balaban J connectivity index is 2.22. The molecule has 26 heavy (non-hydrogen) atoms. The van der Waals surface area contributed by atoms with Gasteiger partial charge >= 0.3 is 0 Å². The average Bonchev–Trinajstić information content (AvgIpc) is 2.60. The minimum absolute atomic E-state index is 0.0472. The highest BCUT2D eigenvalue weighted by molar-refractivity contribution is 6.42. The Kier molecular flexibility index (Phi) is 6.68. The highest BCUT2D eigenvalue weighted by Gasteiger charge is 2.15. The van der Waals surface area contributed by atoms with Crippen molar-refractivity contribution in [3.05, 3.63) is 69.3 Å². The van der Waals surface area contributed by atoms with E-state index < -0.39 is 5.91 Å². The molecule has 0 aliphatic carbocycles. The molecule has 0 spiro atoms. The molecule has 0 unspecified atom stereocenters. The number of nitrogens with zero attached hydrogens (tertiary/aromatic N) is 1. The molecule has 6 heteroatoms. The summed E-state index contributed by atoms with van der Waals surface area (Å²) in [6.45, 7) is 6.03. The maximum Gasteiger partial charge on any atom is 0.267 e. The van der Waals surface area contributed by atoms with E-state index in [0.29, 0.717) is 15.7 Å². The van der Waals surface area contributed by atoms with Crippen molar-refractivity contribution in [3.8, 4) is 6.07 Å². The quantitative estimate of drug-likeness (QED) is 0.496. The highest BCUT2D eigenvalue weighted by Crippen LogP contribution is 2.28. The van der Waals surface area contributed by atoms with Gasteiger partial charge in [-0.1, -0.05) is 55.2 Å². The van der Waals surface area contributed by atoms with Crippen LogP contribution in [0.4, 0.5) is 11.4 Å². The Labute approximate surface area is 163 Å². The van der Waals surface area contributed by atoms with Crippen molar-refractivity contribution < 1.29 is 4.79 Å². The molecule has 0 bridgehead atoms. The van der Waals surface area contributed by atoms with Gasteiger partial charge in [-0.3, -0.25) is 4.79 Å². The maximum absolute atomic E-state index is 12.5. The van der Waals surface area contributed by atoms with Crippen LogP contribution in [0.3, 0.4) is 0 Å². The van der Waals surface area contributed by atoms with Crippen LogP contribution in [0, 0.1) is 18.3 Å². The molecule has 0 aliphatic rings. The molecule has 0 fully saturated rings. The first-order valence-electron chi connectivity index (χ1n) is 8.06. The lowest BCUT2D eigenvalue weighted by molar-refractivity contribution is -0.112. The standard InChI is InChI=1S/C20H19Cl2N3O/c1-12(2)16-6-4-5-13(3)19(16)25-20(26)14(10-23)11-24-15-7-8-17(21)18(22)9-15/h4-9,11-12,24H,1-3H3,(H,25,26)/b14-11-. The largest absolute Gasteiger partial charge is 0.360 e. The van der Waals surface area contributed by atoms with E-state index >= 15 is 0 Å². The Morgan fingerprint density at radius 2 is 1.92 bits per heavy atom. The van der Waals surface area contributed by atoms with Crippen LogP contribution in [-0.4, -0.2) is 5.91 Å². The third kappa shape index (κ3) is 4.78. The fourth-order valence-electron chi connectivity index (χ4n) is 2.41. The molecule has 0 saturated heterocycles. The van der Waals surface area contributed by atoms with E-state index in [4.69, 9.17) is 23.2 Å². The highest BCUT2D eigenvalue weighted by atomic mass is 35.5. The van der Waals surface area contributed by atoms with E-state index in [-0.39, 0.29) is 11.5 Å². The van der Waals surface area contributed by atoms with Crippen LogP contribution in [-0.2, 0) is 4.79 Å². The monoisotopic (exact) mass is 387 g/mol. The molecule has 134 valence electrons. The predicted molar refractivity (Wildman–Crippen MR) is 108 cm³/mol. The number of amides is 1. The first-order valence-corrected chi connectivity index (χ1v) is 8.81. The average molecular weight is 388 g/mol. The zero-order valence-electron chi connectivity index (χ0n) is 14.7. The Bertz CT molecular complexity index is 898. The summed E-state index contributed by atoms with van der Waals surface area (Å²) < 4.78 is 0. The van der Waals surface area contributed by atoms with Gasteiger partial charge in [0.2, 0.25) is 0 Å². The number of halogens is 2. The molecule has 2 aromatic carbocycles. The van der Waals surface area contributed by atoms with Gasteiger partial charge in [0, 0.05) is 17.6 Å². The number of carbonyl (C=O) groups excluding carboxylic acids is 1. The molecule has 0 radical (unpaired) electrons. The predicted octanol–water partition coefficient (Wildman–Crippen LogP) is 5.88. The second-order valence-electron chi connectivity index (χ2n) is 6.09. The summed E-state index contributed by atoms with van der Waals surface area (Å²) in [6, 6.07) is 12.7. The molecule has 0 saturated carbocycles. The van der Waals surface area contributed by atoms with E-state index in [0.717, 1.165) is 16.8 Å². The smallest absolute Gasteiger partial charge is 0.267 e. The number of rotatable bonds is 5. The van der Waals surface area contributed by atoms with Gasteiger partial charge in [0.15, 0.2) is 0 Å². The Morgan fingerprint density at radius 3 is 2.54 bits per heavy atom. The van der Waals surface area contributed by atoms with Gasteiger partial charge in [-0.25, -0.2) is 0 Å². The minimum Gasteiger partial charge on any atom is -0.360 e. The molecule has 2 aromatic rings. The number of benzene rings is 2. The maximum atomic E-state index is 12.5. The molecule has 2 N–H and O–H groups in total. The molecule has 1 amide bonds. The van der Waals surface area contributed by atoms with Crippen molar-refractivity contribution in [1.82, 2.24) is 0 Å². The molecule has 0 heterocycles. The van der Waals surface area contributed by atoms with Crippen LogP contribution in [0.25, 0.3) is 0 Å². The number of anilines is 2. The van der Waals surface area contributed by atoms with Crippen molar-refractivity contribution in [3.63, 3.8) is 0 Å². The first-order chi connectivity index (χ1) is 12.3.